The molecule has 1 amide bonds. The number of carbonyl (C=O) groups is 1. The van der Waals surface area contributed by atoms with E-state index in [-0.39, 0.29) is 11.8 Å². The van der Waals surface area contributed by atoms with E-state index in [0.29, 0.717) is 23.6 Å². The molecule has 0 aliphatic carbocycles. The summed E-state index contributed by atoms with van der Waals surface area (Å²) in [6.45, 7) is 2.66. The van der Waals surface area contributed by atoms with Gasteiger partial charge in [-0.25, -0.2) is 4.98 Å². The van der Waals surface area contributed by atoms with Gasteiger partial charge in [0.1, 0.15) is 6.33 Å². The molecule has 2 aromatic heterocycles. The van der Waals surface area contributed by atoms with Crippen molar-refractivity contribution in [3.05, 3.63) is 96.3 Å². The van der Waals surface area contributed by atoms with Crippen molar-refractivity contribution in [3.8, 4) is 0 Å². The third-order valence-corrected chi connectivity index (χ3v) is 5.46. The number of rotatable bonds is 6. The fraction of sp³-hybridized carbons (Fsp3) is 0.120. The maximum atomic E-state index is 12.7. The lowest BCUT2D eigenvalue weighted by Crippen LogP contribution is -2.27. The van der Waals surface area contributed by atoms with Gasteiger partial charge < -0.3 is 10.6 Å². The van der Waals surface area contributed by atoms with Crippen LogP contribution in [0.4, 0.5) is 11.5 Å². The highest BCUT2D eigenvalue weighted by Crippen LogP contribution is 2.23. The lowest BCUT2D eigenvalue weighted by molar-refractivity contribution is 0.0951. The predicted molar refractivity (Wildman–Crippen MR) is 125 cm³/mol. The van der Waals surface area contributed by atoms with E-state index in [4.69, 9.17) is 4.98 Å². The minimum Gasteiger partial charge on any atom is -0.351 e. The fourth-order valence-electron chi connectivity index (χ4n) is 3.71. The molecule has 0 fully saturated rings. The van der Waals surface area contributed by atoms with Crippen LogP contribution in [0.2, 0.25) is 0 Å². The van der Waals surface area contributed by atoms with Crippen LogP contribution in [0.15, 0.2) is 85.2 Å². The first kappa shape index (κ1) is 19.7. The first-order valence-electron chi connectivity index (χ1n) is 10.5. The monoisotopic (exact) mass is 422 g/mol. The molecule has 0 unspecified atom stereocenters. The smallest absolute Gasteiger partial charge is 0.251 e. The zero-order valence-corrected chi connectivity index (χ0v) is 17.6. The second-order valence-corrected chi connectivity index (χ2v) is 7.70. The van der Waals surface area contributed by atoms with Crippen LogP contribution < -0.4 is 10.6 Å². The van der Waals surface area contributed by atoms with Gasteiger partial charge in [0.2, 0.25) is 5.65 Å². The zero-order chi connectivity index (χ0) is 21.9. The van der Waals surface area contributed by atoms with Crippen LogP contribution in [0.3, 0.4) is 0 Å². The highest BCUT2D eigenvalue weighted by atomic mass is 16.1. The van der Waals surface area contributed by atoms with Gasteiger partial charge in [-0.2, -0.15) is 0 Å². The summed E-state index contributed by atoms with van der Waals surface area (Å²) in [5.41, 5.74) is 4.90. The largest absolute Gasteiger partial charge is 0.351 e. The molecule has 158 valence electrons. The van der Waals surface area contributed by atoms with Crippen LogP contribution in [-0.4, -0.2) is 32.0 Å². The van der Waals surface area contributed by atoms with Crippen LogP contribution in [0.1, 0.15) is 28.8 Å². The van der Waals surface area contributed by atoms with Gasteiger partial charge in [-0.05, 0) is 41.8 Å². The highest BCUT2D eigenvalue weighted by Gasteiger charge is 2.13. The lowest BCUT2D eigenvalue weighted by atomic mass is 10.0. The highest BCUT2D eigenvalue weighted by molar-refractivity contribution is 5.95. The molecule has 0 radical (unpaired) electrons. The van der Waals surface area contributed by atoms with E-state index in [2.05, 4.69) is 39.9 Å². The maximum Gasteiger partial charge on any atom is 0.251 e. The number of carbonyl (C=O) groups excluding carboxylic acids is 1. The molecule has 0 bridgehead atoms. The van der Waals surface area contributed by atoms with Gasteiger partial charge in [-0.15, -0.1) is 10.2 Å². The maximum absolute atomic E-state index is 12.7. The second-order valence-electron chi connectivity index (χ2n) is 7.70. The number of anilines is 2. The van der Waals surface area contributed by atoms with Gasteiger partial charge in [-0.3, -0.25) is 9.20 Å². The van der Waals surface area contributed by atoms with Crippen LogP contribution in [0.25, 0.3) is 16.7 Å². The number of benzene rings is 3. The van der Waals surface area contributed by atoms with E-state index < -0.39 is 0 Å². The SMILES string of the molecule is C[C@H](CNC(=O)c1cccc(Nc2nc3ccccc3n3cnnc23)c1)c1ccccc1. The van der Waals surface area contributed by atoms with Crippen molar-refractivity contribution >= 4 is 34.1 Å². The Hall–Kier alpha value is -4.26. The van der Waals surface area contributed by atoms with Crippen molar-refractivity contribution in [1.29, 1.82) is 0 Å². The van der Waals surface area contributed by atoms with Crippen molar-refractivity contribution in [1.82, 2.24) is 24.9 Å². The van der Waals surface area contributed by atoms with Crippen LogP contribution in [-0.2, 0) is 0 Å². The summed E-state index contributed by atoms with van der Waals surface area (Å²) in [4.78, 5) is 17.5. The third-order valence-electron chi connectivity index (χ3n) is 5.46. The average molecular weight is 422 g/mol. The third kappa shape index (κ3) is 3.88. The van der Waals surface area contributed by atoms with Crippen molar-refractivity contribution in [2.75, 3.05) is 11.9 Å². The molecule has 1 atom stereocenters. The number of nitrogens with zero attached hydrogens (tertiary/aromatic N) is 4. The van der Waals surface area contributed by atoms with Gasteiger partial charge in [0.05, 0.1) is 11.0 Å². The molecule has 7 nitrogen and oxygen atoms in total. The Labute approximate surface area is 185 Å². The van der Waals surface area contributed by atoms with Crippen LogP contribution in [0, 0.1) is 0 Å². The molecule has 0 saturated carbocycles. The molecule has 5 rings (SSSR count). The molecule has 3 aromatic carbocycles. The number of amides is 1. The van der Waals surface area contributed by atoms with E-state index >= 15 is 0 Å². The van der Waals surface area contributed by atoms with E-state index in [9.17, 15) is 4.79 Å². The summed E-state index contributed by atoms with van der Waals surface area (Å²) >= 11 is 0. The molecular formula is C25H22N6O. The van der Waals surface area contributed by atoms with Gasteiger partial charge in [0.15, 0.2) is 5.82 Å². The topological polar surface area (TPSA) is 84.2 Å². The summed E-state index contributed by atoms with van der Waals surface area (Å²) in [6.07, 6.45) is 1.67. The number of nitrogens with one attached hydrogen (secondary N) is 2. The van der Waals surface area contributed by atoms with Crippen LogP contribution >= 0.6 is 0 Å². The van der Waals surface area contributed by atoms with Crippen LogP contribution in [0.5, 0.6) is 0 Å². The molecule has 32 heavy (non-hydrogen) atoms. The Morgan fingerprint density at radius 3 is 2.69 bits per heavy atom. The molecule has 2 heterocycles. The summed E-state index contributed by atoms with van der Waals surface area (Å²) in [7, 11) is 0. The summed E-state index contributed by atoms with van der Waals surface area (Å²) in [6, 6.07) is 25.3. The lowest BCUT2D eigenvalue weighted by Gasteiger charge is -2.14. The molecule has 0 aliphatic heterocycles. The number of aromatic nitrogens is 4. The second kappa shape index (κ2) is 8.47. The van der Waals surface area contributed by atoms with Gasteiger partial charge in [0, 0.05) is 17.8 Å². The number of hydrogen-bond donors (Lipinski definition) is 2. The first-order valence-corrected chi connectivity index (χ1v) is 10.5. The van der Waals surface area contributed by atoms with E-state index in [1.807, 2.05) is 65.1 Å². The number of hydrogen-bond acceptors (Lipinski definition) is 5. The molecule has 5 aromatic rings. The Morgan fingerprint density at radius 2 is 1.81 bits per heavy atom. The molecule has 0 spiro atoms. The fourth-order valence-corrected chi connectivity index (χ4v) is 3.71. The number of fused-ring (bicyclic) bond motifs is 3. The zero-order valence-electron chi connectivity index (χ0n) is 17.6. The normalized spacial score (nSPS) is 12.0. The summed E-state index contributed by atoms with van der Waals surface area (Å²) in [5, 5.41) is 14.6. The average Bonchev–Trinajstić information content (AvgIpc) is 3.34. The Balaban J connectivity index is 1.35. The minimum absolute atomic E-state index is 0.115. The van der Waals surface area contributed by atoms with Gasteiger partial charge >= 0.3 is 0 Å². The Kier molecular flexibility index (Phi) is 5.21. The van der Waals surface area contributed by atoms with E-state index in [1.54, 1.807) is 12.4 Å². The van der Waals surface area contributed by atoms with Gasteiger partial charge in [0.25, 0.3) is 5.91 Å². The molecule has 2 N–H and O–H groups in total. The molecular weight excluding hydrogens is 400 g/mol. The first-order chi connectivity index (χ1) is 15.7. The van der Waals surface area contributed by atoms with E-state index in [0.717, 1.165) is 16.7 Å². The van der Waals surface area contributed by atoms with Gasteiger partial charge in [-0.1, -0.05) is 55.5 Å². The molecule has 0 saturated heterocycles. The van der Waals surface area contributed by atoms with Crippen molar-refractivity contribution < 1.29 is 4.79 Å². The van der Waals surface area contributed by atoms with E-state index in [1.165, 1.54) is 5.56 Å². The summed E-state index contributed by atoms with van der Waals surface area (Å²) in [5.74, 6) is 0.691. The van der Waals surface area contributed by atoms with Crippen molar-refractivity contribution in [2.24, 2.45) is 0 Å². The predicted octanol–water partition coefficient (Wildman–Crippen LogP) is 4.55. The quantitative estimate of drug-likeness (QED) is 0.419. The minimum atomic E-state index is -0.115. The van der Waals surface area contributed by atoms with Crippen molar-refractivity contribution in [3.63, 3.8) is 0 Å². The number of para-hydroxylation sites is 2. The Bertz CT molecular complexity index is 1400. The molecule has 7 heteroatoms. The standard InChI is InChI=1S/C25H22N6O/c1-17(18-8-3-2-4-9-18)15-26-25(32)19-10-7-11-20(14-19)28-23-24-30-27-16-31(24)22-13-6-5-12-21(22)29-23/h2-14,16-17H,15H2,1H3,(H,26,32)(H,28,29)/t17-/m1/s1. The Morgan fingerprint density at radius 1 is 1.00 bits per heavy atom. The molecule has 0 aliphatic rings. The van der Waals surface area contributed by atoms with Crippen molar-refractivity contribution in [2.45, 2.75) is 12.8 Å². The summed E-state index contributed by atoms with van der Waals surface area (Å²) < 4.78 is 1.90.